The van der Waals surface area contributed by atoms with Crippen LogP contribution in [0.2, 0.25) is 0 Å². The van der Waals surface area contributed by atoms with Crippen molar-refractivity contribution in [3.63, 3.8) is 0 Å². The predicted molar refractivity (Wildman–Crippen MR) is 225 cm³/mol. The van der Waals surface area contributed by atoms with E-state index in [0.29, 0.717) is 0 Å². The Hall–Kier alpha value is -7.30. The normalized spacial score (nSPS) is 12.4. The topological polar surface area (TPSA) is 36.1 Å². The van der Waals surface area contributed by atoms with Crippen LogP contribution in [0.1, 0.15) is 0 Å². The average Bonchev–Trinajstić information content (AvgIpc) is 3.97. The van der Waals surface area contributed by atoms with Crippen LogP contribution in [-0.2, 0) is 0 Å². The summed E-state index contributed by atoms with van der Waals surface area (Å²) in [5, 5.41) is 14.1. The molecule has 4 aromatic heterocycles. The fourth-order valence-electron chi connectivity index (χ4n) is 9.33. The van der Waals surface area contributed by atoms with Crippen LogP contribution in [0, 0.1) is 0 Å². The van der Waals surface area contributed by atoms with Gasteiger partial charge in [-0.1, -0.05) is 97.1 Å². The fraction of sp³-hybridized carbons (Fsp3) is 0. The van der Waals surface area contributed by atoms with E-state index in [0.717, 1.165) is 93.5 Å². The van der Waals surface area contributed by atoms with Crippen LogP contribution in [-0.4, -0.2) is 9.13 Å². The number of furan rings is 2. The van der Waals surface area contributed by atoms with Crippen molar-refractivity contribution < 1.29 is 8.83 Å². The van der Waals surface area contributed by atoms with Gasteiger partial charge in [0.05, 0.1) is 32.8 Å². The van der Waals surface area contributed by atoms with E-state index in [-0.39, 0.29) is 0 Å². The van der Waals surface area contributed by atoms with Crippen molar-refractivity contribution in [2.45, 2.75) is 0 Å². The molecule has 0 bridgehead atoms. The Morgan fingerprint density at radius 2 is 0.796 bits per heavy atom. The maximum Gasteiger partial charge on any atom is 0.145 e. The predicted octanol–water partition coefficient (Wildman–Crippen LogP) is 14.0. The molecule has 250 valence electrons. The highest BCUT2D eigenvalue weighted by Crippen LogP contribution is 2.45. The molecule has 0 saturated heterocycles. The van der Waals surface area contributed by atoms with Crippen molar-refractivity contribution in [1.82, 2.24) is 9.13 Å². The van der Waals surface area contributed by atoms with Gasteiger partial charge in [0.1, 0.15) is 22.3 Å². The molecule has 0 aliphatic heterocycles. The molecule has 0 unspecified atom stereocenters. The van der Waals surface area contributed by atoms with Crippen LogP contribution in [0.15, 0.2) is 179 Å². The second-order valence-electron chi connectivity index (χ2n) is 14.5. The van der Waals surface area contributed by atoms with Crippen LogP contribution in [0.25, 0.3) is 120 Å². The van der Waals surface area contributed by atoms with E-state index in [1.807, 2.05) is 12.1 Å². The lowest BCUT2D eigenvalue weighted by molar-refractivity contribution is 0.669. The summed E-state index contributed by atoms with van der Waals surface area (Å²) < 4.78 is 18.2. The van der Waals surface area contributed by atoms with Gasteiger partial charge in [-0.15, -0.1) is 0 Å². The Morgan fingerprint density at radius 3 is 1.48 bits per heavy atom. The molecule has 4 heterocycles. The van der Waals surface area contributed by atoms with Gasteiger partial charge in [0.25, 0.3) is 0 Å². The first-order chi connectivity index (χ1) is 26.8. The number of benzene rings is 9. The third-order valence-corrected chi connectivity index (χ3v) is 11.7. The molecule has 0 aliphatic carbocycles. The summed E-state index contributed by atoms with van der Waals surface area (Å²) in [6, 6.07) is 61.1. The van der Waals surface area contributed by atoms with Crippen molar-refractivity contribution in [2.75, 3.05) is 0 Å². The lowest BCUT2D eigenvalue weighted by atomic mass is 10.0. The fourth-order valence-corrected chi connectivity index (χ4v) is 9.33. The zero-order valence-electron chi connectivity index (χ0n) is 28.9. The molecule has 0 fully saturated rings. The molecule has 0 saturated carbocycles. The van der Waals surface area contributed by atoms with Crippen LogP contribution in [0.5, 0.6) is 0 Å². The summed E-state index contributed by atoms with van der Waals surface area (Å²) in [6.45, 7) is 0. The third kappa shape index (κ3) is 3.61. The van der Waals surface area contributed by atoms with E-state index < -0.39 is 0 Å². The number of hydrogen-bond donors (Lipinski definition) is 0. The maximum absolute atomic E-state index is 7.20. The van der Waals surface area contributed by atoms with Gasteiger partial charge in [0.2, 0.25) is 0 Å². The second-order valence-corrected chi connectivity index (χ2v) is 14.5. The molecular weight excluding hydrogens is 661 g/mol. The zero-order valence-corrected chi connectivity index (χ0v) is 28.9. The third-order valence-electron chi connectivity index (χ3n) is 11.7. The molecule has 54 heavy (non-hydrogen) atoms. The summed E-state index contributed by atoms with van der Waals surface area (Å²) >= 11 is 0. The Morgan fingerprint density at radius 1 is 0.296 bits per heavy atom. The number of rotatable bonds is 2. The Bertz CT molecular complexity index is 3740. The molecule has 0 aliphatic rings. The Balaban J connectivity index is 1.10. The lowest BCUT2D eigenvalue weighted by Crippen LogP contribution is -1.94. The van der Waals surface area contributed by atoms with Gasteiger partial charge in [-0.05, 0) is 94.3 Å². The smallest absolute Gasteiger partial charge is 0.145 e. The summed E-state index contributed by atoms with van der Waals surface area (Å²) in [4.78, 5) is 0. The minimum Gasteiger partial charge on any atom is -0.456 e. The molecule has 4 nitrogen and oxygen atoms in total. The van der Waals surface area contributed by atoms with Gasteiger partial charge in [0.15, 0.2) is 0 Å². The minimum absolute atomic E-state index is 0.889. The molecule has 0 atom stereocenters. The van der Waals surface area contributed by atoms with Crippen LogP contribution >= 0.6 is 0 Å². The molecule has 0 spiro atoms. The first-order valence-electron chi connectivity index (χ1n) is 18.4. The molecule has 0 N–H and O–H groups in total. The highest BCUT2D eigenvalue weighted by molar-refractivity contribution is 6.29. The first-order valence-corrected chi connectivity index (χ1v) is 18.4. The number of para-hydroxylation sites is 3. The van der Waals surface area contributed by atoms with Crippen molar-refractivity contribution in [3.8, 4) is 11.4 Å². The van der Waals surface area contributed by atoms with Gasteiger partial charge in [-0.25, -0.2) is 0 Å². The molecule has 13 aromatic rings. The molecule has 4 heteroatoms. The maximum atomic E-state index is 7.20. The van der Waals surface area contributed by atoms with Gasteiger partial charge in [0, 0.05) is 43.7 Å². The summed E-state index contributed by atoms with van der Waals surface area (Å²) in [5.74, 6) is 0. The van der Waals surface area contributed by atoms with Gasteiger partial charge >= 0.3 is 0 Å². The number of hydrogen-bond acceptors (Lipinski definition) is 2. The monoisotopic (exact) mass is 688 g/mol. The van der Waals surface area contributed by atoms with Gasteiger partial charge in [-0.3, -0.25) is 0 Å². The summed E-state index contributed by atoms with van der Waals surface area (Å²) in [5.41, 5.74) is 10.4. The molecular formula is C50H28N2O2. The Labute approximate surface area is 307 Å². The van der Waals surface area contributed by atoms with E-state index in [2.05, 4.69) is 167 Å². The largest absolute Gasteiger partial charge is 0.456 e. The molecule has 0 amide bonds. The first kappa shape index (κ1) is 28.3. The Kier molecular flexibility index (Phi) is 5.34. The van der Waals surface area contributed by atoms with E-state index in [1.165, 1.54) is 26.9 Å². The summed E-state index contributed by atoms with van der Waals surface area (Å²) in [6.07, 6.45) is 0. The van der Waals surface area contributed by atoms with Crippen molar-refractivity contribution in [1.29, 1.82) is 0 Å². The number of aromatic nitrogens is 2. The van der Waals surface area contributed by atoms with Crippen LogP contribution in [0.4, 0.5) is 0 Å². The minimum atomic E-state index is 0.889. The van der Waals surface area contributed by atoms with Crippen molar-refractivity contribution in [2.24, 2.45) is 0 Å². The standard InChI is InChI=1S/C50H28N2O2/c1-2-10-33-29(9-1)17-18-30-19-20-31(27-39(30)33)51-41-14-6-3-12-37(41)47-43(51)24-22-35-36-23-25-44-48(50(36)54-49(35)47)38-13-4-7-15-42(38)52(44)32-21-26-46-40(28-32)34-11-5-8-16-45(34)53-46/h1-28H. The number of nitrogens with zero attached hydrogens (tertiary/aromatic N) is 2. The van der Waals surface area contributed by atoms with E-state index >= 15 is 0 Å². The van der Waals surface area contributed by atoms with E-state index in [1.54, 1.807) is 0 Å². The highest BCUT2D eigenvalue weighted by Gasteiger charge is 2.23. The van der Waals surface area contributed by atoms with Crippen molar-refractivity contribution in [3.05, 3.63) is 170 Å². The molecule has 0 radical (unpaired) electrons. The van der Waals surface area contributed by atoms with Gasteiger partial charge < -0.3 is 18.0 Å². The number of fused-ring (bicyclic) bond motifs is 17. The lowest BCUT2D eigenvalue weighted by Gasteiger charge is -2.11. The summed E-state index contributed by atoms with van der Waals surface area (Å²) in [7, 11) is 0. The van der Waals surface area contributed by atoms with Crippen molar-refractivity contribution >= 4 is 109 Å². The molecule has 9 aromatic carbocycles. The highest BCUT2D eigenvalue weighted by atomic mass is 16.3. The molecule has 13 rings (SSSR count). The van der Waals surface area contributed by atoms with Gasteiger partial charge in [-0.2, -0.15) is 0 Å². The van der Waals surface area contributed by atoms with E-state index in [9.17, 15) is 0 Å². The quantitative estimate of drug-likeness (QED) is 0.170. The average molecular weight is 689 g/mol. The zero-order chi connectivity index (χ0) is 35.1. The SMILES string of the molecule is c1ccc2c(c1)ccc1ccc(-n3c4ccccc4c4c5oc6c(ccc7c6c6ccccc6n7-c6ccc7oc8ccccc8c7c6)c5ccc43)cc12. The van der Waals surface area contributed by atoms with Crippen LogP contribution < -0.4 is 0 Å². The second kappa shape index (κ2) is 10.2. The van der Waals surface area contributed by atoms with Crippen LogP contribution in [0.3, 0.4) is 0 Å². The van der Waals surface area contributed by atoms with E-state index in [4.69, 9.17) is 8.83 Å².